The summed E-state index contributed by atoms with van der Waals surface area (Å²) in [7, 11) is 0. The smallest absolute Gasteiger partial charge is 0.224 e. The highest BCUT2D eigenvalue weighted by Gasteiger charge is 2.16. The van der Waals surface area contributed by atoms with Gasteiger partial charge in [-0.05, 0) is 74.8 Å². The van der Waals surface area contributed by atoms with Crippen LogP contribution in [0.1, 0.15) is 48.8 Å². The van der Waals surface area contributed by atoms with Crippen molar-refractivity contribution in [3.05, 3.63) is 59.2 Å². The Morgan fingerprint density at radius 2 is 1.76 bits per heavy atom. The molecule has 2 aromatic rings. The largest absolute Gasteiger partial charge is 0.490 e. The number of anilines is 1. The fourth-order valence-electron chi connectivity index (χ4n) is 3.44. The molecule has 0 spiro atoms. The Hall–Kier alpha value is -2.29. The molecule has 0 heterocycles. The Balaban J connectivity index is 1.55. The van der Waals surface area contributed by atoms with E-state index in [9.17, 15) is 4.79 Å². The van der Waals surface area contributed by atoms with Gasteiger partial charge in [0.2, 0.25) is 5.91 Å². The summed E-state index contributed by atoms with van der Waals surface area (Å²) >= 11 is 0. The average molecular weight is 337 g/mol. The number of rotatable bonds is 6. The second-order valence-electron chi connectivity index (χ2n) is 6.99. The third-order valence-corrected chi connectivity index (χ3v) is 4.89. The normalized spacial score (nSPS) is 14.5. The molecule has 1 saturated carbocycles. The molecule has 0 radical (unpaired) electrons. The van der Waals surface area contributed by atoms with Crippen molar-refractivity contribution in [3.63, 3.8) is 0 Å². The van der Waals surface area contributed by atoms with Crippen LogP contribution in [-0.2, 0) is 11.2 Å². The van der Waals surface area contributed by atoms with Gasteiger partial charge < -0.3 is 10.1 Å². The zero-order chi connectivity index (χ0) is 17.6. The van der Waals surface area contributed by atoms with Crippen LogP contribution in [0, 0.1) is 13.8 Å². The van der Waals surface area contributed by atoms with E-state index in [2.05, 4.69) is 17.4 Å². The topological polar surface area (TPSA) is 38.3 Å². The summed E-state index contributed by atoms with van der Waals surface area (Å²) in [5.41, 5.74) is 4.28. The molecule has 3 nitrogen and oxygen atoms in total. The van der Waals surface area contributed by atoms with Crippen molar-refractivity contribution in [1.29, 1.82) is 0 Å². The predicted molar refractivity (Wildman–Crippen MR) is 102 cm³/mol. The third kappa shape index (κ3) is 4.85. The maximum atomic E-state index is 12.3. The van der Waals surface area contributed by atoms with E-state index in [-0.39, 0.29) is 5.91 Å². The Morgan fingerprint density at radius 3 is 2.48 bits per heavy atom. The molecular weight excluding hydrogens is 310 g/mol. The van der Waals surface area contributed by atoms with E-state index in [0.717, 1.165) is 47.4 Å². The second kappa shape index (κ2) is 8.19. The number of amides is 1. The molecule has 0 aliphatic heterocycles. The van der Waals surface area contributed by atoms with E-state index in [0.29, 0.717) is 12.5 Å². The monoisotopic (exact) mass is 337 g/mol. The first-order valence-corrected chi connectivity index (χ1v) is 9.23. The fraction of sp³-hybridized carbons (Fsp3) is 0.409. The van der Waals surface area contributed by atoms with Crippen LogP contribution in [0.3, 0.4) is 0 Å². The molecule has 1 aliphatic carbocycles. The molecule has 3 heteroatoms. The Labute approximate surface area is 150 Å². The van der Waals surface area contributed by atoms with Crippen LogP contribution >= 0.6 is 0 Å². The van der Waals surface area contributed by atoms with Gasteiger partial charge in [0.1, 0.15) is 5.75 Å². The number of hydrogen-bond donors (Lipinski definition) is 1. The Bertz CT molecular complexity index is 712. The van der Waals surface area contributed by atoms with Crippen molar-refractivity contribution in [2.24, 2.45) is 0 Å². The second-order valence-corrected chi connectivity index (χ2v) is 6.99. The molecule has 2 aromatic carbocycles. The summed E-state index contributed by atoms with van der Waals surface area (Å²) in [6.07, 6.45) is 6.40. The first kappa shape index (κ1) is 17.5. The van der Waals surface area contributed by atoms with Gasteiger partial charge in [-0.2, -0.15) is 0 Å². The van der Waals surface area contributed by atoms with Crippen molar-refractivity contribution in [1.82, 2.24) is 0 Å². The zero-order valence-electron chi connectivity index (χ0n) is 15.2. The minimum atomic E-state index is 0.0551. The molecule has 1 fully saturated rings. The van der Waals surface area contributed by atoms with E-state index in [4.69, 9.17) is 4.74 Å². The quantitative estimate of drug-likeness (QED) is 0.787. The number of ether oxygens (including phenoxy) is 1. The summed E-state index contributed by atoms with van der Waals surface area (Å²) < 4.78 is 6.05. The minimum absolute atomic E-state index is 0.0551. The molecule has 1 N–H and O–H groups in total. The van der Waals surface area contributed by atoms with E-state index >= 15 is 0 Å². The van der Waals surface area contributed by atoms with Crippen LogP contribution < -0.4 is 10.1 Å². The number of para-hydroxylation sites is 1. The Kier molecular flexibility index (Phi) is 5.75. The summed E-state index contributed by atoms with van der Waals surface area (Å²) in [4.78, 5) is 12.3. The molecular formula is C22H27NO2. The number of hydrogen-bond acceptors (Lipinski definition) is 2. The van der Waals surface area contributed by atoms with Crippen LogP contribution in [0.4, 0.5) is 5.69 Å². The lowest BCUT2D eigenvalue weighted by molar-refractivity contribution is -0.116. The van der Waals surface area contributed by atoms with E-state index in [1.807, 2.05) is 44.2 Å². The van der Waals surface area contributed by atoms with Gasteiger partial charge in [-0.1, -0.05) is 30.3 Å². The van der Waals surface area contributed by atoms with Crippen molar-refractivity contribution in [2.45, 2.75) is 58.5 Å². The highest BCUT2D eigenvalue weighted by atomic mass is 16.5. The number of aryl methyl sites for hydroxylation is 3. The van der Waals surface area contributed by atoms with Crippen LogP contribution in [0.25, 0.3) is 0 Å². The molecule has 0 atom stereocenters. The number of nitrogens with one attached hydrogen (secondary N) is 1. The predicted octanol–water partition coefficient (Wildman–Crippen LogP) is 5.20. The minimum Gasteiger partial charge on any atom is -0.490 e. The molecule has 3 rings (SSSR count). The van der Waals surface area contributed by atoms with E-state index in [1.54, 1.807) is 0 Å². The van der Waals surface area contributed by atoms with Crippen molar-refractivity contribution in [3.8, 4) is 5.75 Å². The Morgan fingerprint density at radius 1 is 1.08 bits per heavy atom. The lowest BCUT2D eigenvalue weighted by Crippen LogP contribution is -2.14. The lowest BCUT2D eigenvalue weighted by Gasteiger charge is -2.14. The molecule has 0 unspecified atom stereocenters. The third-order valence-electron chi connectivity index (χ3n) is 4.89. The summed E-state index contributed by atoms with van der Waals surface area (Å²) in [6.45, 7) is 4.04. The van der Waals surface area contributed by atoms with Crippen LogP contribution in [-0.4, -0.2) is 12.0 Å². The van der Waals surface area contributed by atoms with E-state index in [1.165, 1.54) is 12.8 Å². The van der Waals surface area contributed by atoms with Gasteiger partial charge in [-0.25, -0.2) is 0 Å². The maximum Gasteiger partial charge on any atom is 0.224 e. The molecule has 0 saturated heterocycles. The van der Waals surface area contributed by atoms with Gasteiger partial charge in [-0.15, -0.1) is 0 Å². The lowest BCUT2D eigenvalue weighted by atomic mass is 10.1. The van der Waals surface area contributed by atoms with Gasteiger partial charge in [-0.3, -0.25) is 4.79 Å². The maximum absolute atomic E-state index is 12.3. The van der Waals surface area contributed by atoms with Gasteiger partial charge in [0, 0.05) is 12.1 Å². The van der Waals surface area contributed by atoms with E-state index < -0.39 is 0 Å². The molecule has 132 valence electrons. The summed E-state index contributed by atoms with van der Waals surface area (Å²) in [5.74, 6) is 0.985. The molecule has 0 aromatic heterocycles. The van der Waals surface area contributed by atoms with Crippen molar-refractivity contribution in [2.75, 3.05) is 5.32 Å². The first-order chi connectivity index (χ1) is 12.1. The van der Waals surface area contributed by atoms with Crippen LogP contribution in [0.15, 0.2) is 42.5 Å². The van der Waals surface area contributed by atoms with Gasteiger partial charge in [0.15, 0.2) is 0 Å². The van der Waals surface area contributed by atoms with Gasteiger partial charge >= 0.3 is 0 Å². The average Bonchev–Trinajstić information content (AvgIpc) is 3.10. The van der Waals surface area contributed by atoms with Crippen molar-refractivity contribution >= 4 is 11.6 Å². The number of carbonyl (C=O) groups excluding carboxylic acids is 1. The van der Waals surface area contributed by atoms with Gasteiger partial charge in [0.25, 0.3) is 0 Å². The zero-order valence-corrected chi connectivity index (χ0v) is 15.2. The molecule has 0 bridgehead atoms. The molecule has 25 heavy (non-hydrogen) atoms. The molecule has 1 aliphatic rings. The fourth-order valence-corrected chi connectivity index (χ4v) is 3.44. The van der Waals surface area contributed by atoms with Crippen LogP contribution in [0.5, 0.6) is 5.75 Å². The summed E-state index contributed by atoms with van der Waals surface area (Å²) in [6, 6.07) is 14.2. The summed E-state index contributed by atoms with van der Waals surface area (Å²) in [5, 5.41) is 3.05. The SMILES string of the molecule is Cc1cccc(C)c1NC(=O)CCc1cccc(OC2CCCC2)c1. The standard InChI is InChI=1S/C22H27NO2/c1-16-7-5-8-17(2)22(16)23-21(24)14-13-18-9-6-12-20(15-18)25-19-10-3-4-11-19/h5-9,12,15,19H,3-4,10-11,13-14H2,1-2H3,(H,23,24). The van der Waals surface area contributed by atoms with Gasteiger partial charge in [0.05, 0.1) is 6.10 Å². The van der Waals surface area contributed by atoms with Crippen molar-refractivity contribution < 1.29 is 9.53 Å². The highest BCUT2D eigenvalue weighted by molar-refractivity contribution is 5.92. The highest BCUT2D eigenvalue weighted by Crippen LogP contribution is 2.25. The first-order valence-electron chi connectivity index (χ1n) is 9.23. The number of benzene rings is 2. The van der Waals surface area contributed by atoms with Crippen LogP contribution in [0.2, 0.25) is 0 Å². The number of carbonyl (C=O) groups is 1. The molecule has 1 amide bonds.